The Bertz CT molecular complexity index is 536. The van der Waals surface area contributed by atoms with Gasteiger partial charge in [-0.2, -0.15) is 0 Å². The number of benzene rings is 1. The topological polar surface area (TPSA) is 41.1 Å². The first-order valence-electron chi connectivity index (χ1n) is 7.89. The van der Waals surface area contributed by atoms with Crippen molar-refractivity contribution in [3.8, 4) is 0 Å². The van der Waals surface area contributed by atoms with Crippen molar-refractivity contribution in [3.63, 3.8) is 0 Å². The molecule has 106 valence electrons. The van der Waals surface area contributed by atoms with Gasteiger partial charge in [0.15, 0.2) is 0 Å². The summed E-state index contributed by atoms with van der Waals surface area (Å²) in [5.74, 6) is 0.500. The van der Waals surface area contributed by atoms with Crippen LogP contribution in [0.4, 0.5) is 0 Å². The van der Waals surface area contributed by atoms with Crippen LogP contribution in [0.25, 0.3) is 0 Å². The Morgan fingerprint density at radius 1 is 1.35 bits per heavy atom. The van der Waals surface area contributed by atoms with Crippen LogP contribution in [-0.4, -0.2) is 25.0 Å². The highest BCUT2D eigenvalue weighted by Gasteiger charge is 2.60. The van der Waals surface area contributed by atoms with Gasteiger partial charge in [0.25, 0.3) is 0 Å². The molecule has 1 amide bonds. The lowest BCUT2D eigenvalue weighted by Gasteiger charge is -2.26. The molecule has 0 aromatic heterocycles. The number of hydrogen-bond donors (Lipinski definition) is 2. The van der Waals surface area contributed by atoms with Crippen molar-refractivity contribution >= 4 is 5.91 Å². The van der Waals surface area contributed by atoms with E-state index in [1.54, 1.807) is 0 Å². The maximum atomic E-state index is 12.5. The molecule has 3 aliphatic rings. The molecular formula is C17H22N2O. The number of rotatable bonds is 2. The second-order valence-electron chi connectivity index (χ2n) is 6.62. The van der Waals surface area contributed by atoms with Crippen molar-refractivity contribution in [2.75, 3.05) is 13.1 Å². The lowest BCUT2D eigenvalue weighted by molar-refractivity contribution is -0.123. The van der Waals surface area contributed by atoms with Gasteiger partial charge >= 0.3 is 0 Å². The van der Waals surface area contributed by atoms with Crippen molar-refractivity contribution in [1.29, 1.82) is 0 Å². The van der Waals surface area contributed by atoms with E-state index in [1.807, 2.05) is 0 Å². The number of carbonyl (C=O) groups excluding carboxylic acids is 1. The summed E-state index contributed by atoms with van der Waals surface area (Å²) in [6.07, 6.45) is 5.72. The summed E-state index contributed by atoms with van der Waals surface area (Å²) in [6.45, 7) is 1.96. The third-order valence-electron chi connectivity index (χ3n) is 5.42. The minimum Gasteiger partial charge on any atom is -0.352 e. The first-order valence-corrected chi connectivity index (χ1v) is 7.89. The van der Waals surface area contributed by atoms with Gasteiger partial charge in [-0.25, -0.2) is 0 Å². The highest BCUT2D eigenvalue weighted by Crippen LogP contribution is 2.60. The maximum Gasteiger partial charge on any atom is 0.224 e. The lowest BCUT2D eigenvalue weighted by Crippen LogP contribution is -2.39. The number of hydrogen-bond acceptors (Lipinski definition) is 2. The molecule has 1 saturated carbocycles. The molecule has 1 spiro atoms. The minimum absolute atomic E-state index is 0.172. The van der Waals surface area contributed by atoms with Crippen LogP contribution in [0.3, 0.4) is 0 Å². The SMILES string of the molecule is O=C(NC1CCNC1)C1CC12CCCc1ccccc12. The molecule has 3 unspecified atom stereocenters. The van der Waals surface area contributed by atoms with Crippen molar-refractivity contribution < 1.29 is 4.79 Å². The fourth-order valence-corrected chi connectivity index (χ4v) is 4.26. The van der Waals surface area contributed by atoms with E-state index in [0.29, 0.717) is 6.04 Å². The van der Waals surface area contributed by atoms with Gasteiger partial charge in [0, 0.05) is 23.9 Å². The smallest absolute Gasteiger partial charge is 0.224 e. The fraction of sp³-hybridized carbons (Fsp3) is 0.588. The molecule has 1 aliphatic heterocycles. The summed E-state index contributed by atoms with van der Waals surface area (Å²) in [6, 6.07) is 9.09. The zero-order valence-electron chi connectivity index (χ0n) is 11.8. The quantitative estimate of drug-likeness (QED) is 0.860. The van der Waals surface area contributed by atoms with Gasteiger partial charge in [0.1, 0.15) is 0 Å². The predicted octanol–water partition coefficient (Wildman–Crippen LogP) is 1.76. The molecule has 1 saturated heterocycles. The second-order valence-corrected chi connectivity index (χ2v) is 6.62. The van der Waals surface area contributed by atoms with Crippen LogP contribution in [0.1, 0.15) is 36.8 Å². The van der Waals surface area contributed by atoms with Crippen LogP contribution in [-0.2, 0) is 16.6 Å². The first kappa shape index (κ1) is 12.4. The van der Waals surface area contributed by atoms with Crippen LogP contribution >= 0.6 is 0 Å². The van der Waals surface area contributed by atoms with Crippen LogP contribution in [0.2, 0.25) is 0 Å². The van der Waals surface area contributed by atoms with Crippen LogP contribution in [0.5, 0.6) is 0 Å². The minimum atomic E-state index is 0.172. The molecule has 3 nitrogen and oxygen atoms in total. The van der Waals surface area contributed by atoms with E-state index in [-0.39, 0.29) is 17.2 Å². The zero-order chi connectivity index (χ0) is 13.6. The third kappa shape index (κ3) is 1.87. The predicted molar refractivity (Wildman–Crippen MR) is 78.6 cm³/mol. The molecule has 3 heteroatoms. The molecule has 1 aromatic carbocycles. The molecule has 4 rings (SSSR count). The molecule has 1 aromatic rings. The van der Waals surface area contributed by atoms with E-state index in [2.05, 4.69) is 34.9 Å². The normalized spacial score (nSPS) is 34.8. The number of carbonyl (C=O) groups is 1. The van der Waals surface area contributed by atoms with Gasteiger partial charge in [-0.15, -0.1) is 0 Å². The van der Waals surface area contributed by atoms with Gasteiger partial charge in [0.2, 0.25) is 5.91 Å². The Morgan fingerprint density at radius 3 is 3.10 bits per heavy atom. The monoisotopic (exact) mass is 270 g/mol. The molecule has 3 atom stereocenters. The molecule has 20 heavy (non-hydrogen) atoms. The summed E-state index contributed by atoms with van der Waals surface area (Å²) in [5.41, 5.74) is 3.10. The van der Waals surface area contributed by atoms with E-state index >= 15 is 0 Å². The van der Waals surface area contributed by atoms with Crippen molar-refractivity contribution in [2.24, 2.45) is 5.92 Å². The highest BCUT2D eigenvalue weighted by atomic mass is 16.2. The Kier molecular flexibility index (Phi) is 2.84. The zero-order valence-corrected chi connectivity index (χ0v) is 11.8. The Labute approximate surface area is 120 Å². The Balaban J connectivity index is 1.52. The number of fused-ring (bicyclic) bond motifs is 2. The van der Waals surface area contributed by atoms with E-state index in [1.165, 1.54) is 30.4 Å². The van der Waals surface area contributed by atoms with Gasteiger partial charge in [-0.05, 0) is 49.8 Å². The molecule has 0 bridgehead atoms. The summed E-state index contributed by atoms with van der Waals surface area (Å²) in [5, 5.41) is 6.55. The van der Waals surface area contributed by atoms with E-state index in [0.717, 1.165) is 25.9 Å². The molecule has 1 heterocycles. The van der Waals surface area contributed by atoms with Crippen molar-refractivity contribution in [1.82, 2.24) is 10.6 Å². The average molecular weight is 270 g/mol. The van der Waals surface area contributed by atoms with Crippen molar-refractivity contribution in [2.45, 2.75) is 43.6 Å². The highest BCUT2D eigenvalue weighted by molar-refractivity contribution is 5.85. The number of amides is 1. The summed E-state index contributed by atoms with van der Waals surface area (Å²) in [4.78, 5) is 12.5. The molecule has 2 N–H and O–H groups in total. The average Bonchev–Trinajstić information content (AvgIpc) is 2.95. The van der Waals surface area contributed by atoms with Gasteiger partial charge in [-0.1, -0.05) is 24.3 Å². The van der Waals surface area contributed by atoms with Gasteiger partial charge in [0.05, 0.1) is 0 Å². The van der Waals surface area contributed by atoms with E-state index in [4.69, 9.17) is 0 Å². The van der Waals surface area contributed by atoms with Gasteiger partial charge < -0.3 is 10.6 Å². The van der Waals surface area contributed by atoms with Gasteiger partial charge in [-0.3, -0.25) is 4.79 Å². The number of nitrogens with one attached hydrogen (secondary N) is 2. The lowest BCUT2D eigenvalue weighted by atomic mass is 9.78. The first-order chi connectivity index (χ1) is 9.79. The third-order valence-corrected chi connectivity index (χ3v) is 5.42. The van der Waals surface area contributed by atoms with Crippen LogP contribution in [0, 0.1) is 5.92 Å². The van der Waals surface area contributed by atoms with Crippen molar-refractivity contribution in [3.05, 3.63) is 35.4 Å². The van der Waals surface area contributed by atoms with E-state index in [9.17, 15) is 4.79 Å². The standard InChI is InChI=1S/C17H22N2O/c20-16(19-13-7-9-18-11-13)15-10-17(15)8-3-5-12-4-1-2-6-14(12)17/h1-2,4,6,13,15,18H,3,5,7-11H2,(H,19,20). The van der Waals surface area contributed by atoms with E-state index < -0.39 is 0 Å². The maximum absolute atomic E-state index is 12.5. The Morgan fingerprint density at radius 2 is 2.25 bits per heavy atom. The molecule has 0 radical (unpaired) electrons. The van der Waals surface area contributed by atoms with Crippen LogP contribution < -0.4 is 10.6 Å². The summed E-state index contributed by atoms with van der Waals surface area (Å²) < 4.78 is 0. The Hall–Kier alpha value is -1.35. The molecular weight excluding hydrogens is 248 g/mol. The molecule has 2 aliphatic carbocycles. The summed E-state index contributed by atoms with van der Waals surface area (Å²) in [7, 11) is 0. The molecule has 2 fully saturated rings. The van der Waals surface area contributed by atoms with Crippen LogP contribution in [0.15, 0.2) is 24.3 Å². The second kappa shape index (κ2) is 4.59. The number of aryl methyl sites for hydroxylation is 1. The fourth-order valence-electron chi connectivity index (χ4n) is 4.26. The summed E-state index contributed by atoms with van der Waals surface area (Å²) >= 11 is 0. The largest absolute Gasteiger partial charge is 0.352 e.